The second kappa shape index (κ2) is 7.59. The fourth-order valence-corrected chi connectivity index (χ4v) is 1.93. The van der Waals surface area contributed by atoms with Crippen LogP contribution in [0.4, 0.5) is 0 Å². The lowest BCUT2D eigenvalue weighted by molar-refractivity contribution is -0.138. The van der Waals surface area contributed by atoms with E-state index in [4.69, 9.17) is 19.3 Å². The molecule has 20 heavy (non-hydrogen) atoms. The molecule has 6 heteroatoms. The fourth-order valence-electron chi connectivity index (χ4n) is 1.93. The summed E-state index contributed by atoms with van der Waals surface area (Å²) >= 11 is 0. The van der Waals surface area contributed by atoms with Gasteiger partial charge in [-0.3, -0.25) is 9.69 Å². The van der Waals surface area contributed by atoms with Crippen molar-refractivity contribution in [1.29, 1.82) is 0 Å². The van der Waals surface area contributed by atoms with Gasteiger partial charge < -0.3 is 19.3 Å². The molecule has 1 aromatic rings. The summed E-state index contributed by atoms with van der Waals surface area (Å²) in [6, 6.07) is 3.55. The standard InChI is InChI=1S/C14H21NO5/c1-5-15(9-14(16)17)8-10-6-12(19-3)13(20-4)7-11(10)18-2/h6-7H,5,8-9H2,1-4H3,(H,16,17). The Morgan fingerprint density at radius 3 is 2.10 bits per heavy atom. The molecule has 0 unspecified atom stereocenters. The highest BCUT2D eigenvalue weighted by atomic mass is 16.5. The van der Waals surface area contributed by atoms with Gasteiger partial charge in [0.15, 0.2) is 11.5 Å². The molecule has 0 aromatic heterocycles. The summed E-state index contributed by atoms with van der Waals surface area (Å²) in [7, 11) is 4.68. The van der Waals surface area contributed by atoms with Crippen LogP contribution in [0.2, 0.25) is 0 Å². The Morgan fingerprint density at radius 2 is 1.65 bits per heavy atom. The molecule has 0 fully saturated rings. The number of aliphatic carboxylic acids is 1. The van der Waals surface area contributed by atoms with Crippen LogP contribution in [0.3, 0.4) is 0 Å². The predicted molar refractivity (Wildman–Crippen MR) is 74.7 cm³/mol. The summed E-state index contributed by atoms with van der Waals surface area (Å²) in [4.78, 5) is 12.6. The average Bonchev–Trinajstić information content (AvgIpc) is 2.45. The molecule has 0 saturated heterocycles. The maximum atomic E-state index is 10.8. The summed E-state index contributed by atoms with van der Waals surface area (Å²) in [6.07, 6.45) is 0. The van der Waals surface area contributed by atoms with Crippen LogP contribution < -0.4 is 14.2 Å². The van der Waals surface area contributed by atoms with Crippen molar-refractivity contribution in [2.45, 2.75) is 13.5 Å². The zero-order valence-corrected chi connectivity index (χ0v) is 12.3. The smallest absolute Gasteiger partial charge is 0.317 e. The SMILES string of the molecule is CCN(CC(=O)O)Cc1cc(OC)c(OC)cc1OC. The average molecular weight is 283 g/mol. The van der Waals surface area contributed by atoms with Crippen LogP contribution in [0.5, 0.6) is 17.2 Å². The number of carbonyl (C=O) groups is 1. The van der Waals surface area contributed by atoms with Crippen LogP contribution in [0, 0.1) is 0 Å². The van der Waals surface area contributed by atoms with Crippen LogP contribution >= 0.6 is 0 Å². The molecular weight excluding hydrogens is 262 g/mol. The topological polar surface area (TPSA) is 68.2 Å². The first kappa shape index (κ1) is 16.1. The minimum Gasteiger partial charge on any atom is -0.496 e. The predicted octanol–water partition coefficient (Wildman–Crippen LogP) is 1.62. The van der Waals surface area contributed by atoms with Gasteiger partial charge in [-0.05, 0) is 12.6 Å². The quantitative estimate of drug-likeness (QED) is 0.782. The first-order chi connectivity index (χ1) is 9.55. The second-order valence-electron chi connectivity index (χ2n) is 4.22. The first-order valence-corrected chi connectivity index (χ1v) is 6.28. The van der Waals surface area contributed by atoms with E-state index in [2.05, 4.69) is 0 Å². The molecule has 0 aliphatic rings. The molecule has 0 atom stereocenters. The molecule has 0 aliphatic carbocycles. The largest absolute Gasteiger partial charge is 0.496 e. The van der Waals surface area contributed by atoms with Crippen LogP contribution in [0.15, 0.2) is 12.1 Å². The zero-order valence-electron chi connectivity index (χ0n) is 12.3. The van der Waals surface area contributed by atoms with Gasteiger partial charge in [-0.2, -0.15) is 0 Å². The lowest BCUT2D eigenvalue weighted by Gasteiger charge is -2.21. The van der Waals surface area contributed by atoms with E-state index in [1.807, 2.05) is 13.0 Å². The Labute approximate surface area is 118 Å². The number of methoxy groups -OCH3 is 3. The Kier molecular flexibility index (Phi) is 6.11. The number of hydrogen-bond donors (Lipinski definition) is 1. The van der Waals surface area contributed by atoms with Gasteiger partial charge >= 0.3 is 5.97 Å². The Balaban J connectivity index is 3.05. The van der Waals surface area contributed by atoms with Crippen molar-refractivity contribution in [3.63, 3.8) is 0 Å². The van der Waals surface area contributed by atoms with Crippen molar-refractivity contribution < 1.29 is 24.1 Å². The van der Waals surface area contributed by atoms with Gasteiger partial charge in [-0.25, -0.2) is 0 Å². The number of rotatable bonds is 8. The summed E-state index contributed by atoms with van der Waals surface area (Å²) < 4.78 is 15.8. The van der Waals surface area contributed by atoms with Crippen molar-refractivity contribution in [1.82, 2.24) is 4.90 Å². The molecule has 0 radical (unpaired) electrons. The number of benzene rings is 1. The van der Waals surface area contributed by atoms with E-state index in [-0.39, 0.29) is 6.54 Å². The van der Waals surface area contributed by atoms with E-state index in [0.717, 1.165) is 5.56 Å². The summed E-state index contributed by atoms with van der Waals surface area (Å²) in [5.74, 6) is 0.960. The molecule has 0 heterocycles. The van der Waals surface area contributed by atoms with Gasteiger partial charge in [-0.15, -0.1) is 0 Å². The lowest BCUT2D eigenvalue weighted by atomic mass is 10.1. The summed E-state index contributed by atoms with van der Waals surface area (Å²) in [6.45, 7) is 2.99. The van der Waals surface area contributed by atoms with Crippen LogP contribution in [0.1, 0.15) is 12.5 Å². The van der Waals surface area contributed by atoms with E-state index in [1.165, 1.54) is 0 Å². The van der Waals surface area contributed by atoms with Gasteiger partial charge in [0.25, 0.3) is 0 Å². The molecule has 1 aromatic carbocycles. The molecule has 0 aliphatic heterocycles. The highest BCUT2D eigenvalue weighted by molar-refractivity contribution is 5.69. The van der Waals surface area contributed by atoms with Gasteiger partial charge in [0.05, 0.1) is 27.9 Å². The molecule has 0 amide bonds. The van der Waals surface area contributed by atoms with Gasteiger partial charge in [0, 0.05) is 18.2 Å². The van der Waals surface area contributed by atoms with Crippen LogP contribution in [-0.4, -0.2) is 50.4 Å². The van der Waals surface area contributed by atoms with E-state index in [9.17, 15) is 4.79 Å². The number of likely N-dealkylation sites (N-methyl/N-ethyl adjacent to an activating group) is 1. The number of hydrogen-bond acceptors (Lipinski definition) is 5. The minimum atomic E-state index is -0.855. The van der Waals surface area contributed by atoms with Crippen molar-refractivity contribution in [3.05, 3.63) is 17.7 Å². The molecule has 1 rings (SSSR count). The third-order valence-electron chi connectivity index (χ3n) is 2.99. The normalized spacial score (nSPS) is 10.4. The fraction of sp³-hybridized carbons (Fsp3) is 0.500. The third-order valence-corrected chi connectivity index (χ3v) is 2.99. The van der Waals surface area contributed by atoms with E-state index in [1.54, 1.807) is 32.3 Å². The number of carboxylic acids is 1. The Bertz CT molecular complexity index is 461. The lowest BCUT2D eigenvalue weighted by Crippen LogP contribution is -2.29. The van der Waals surface area contributed by atoms with Crippen molar-refractivity contribution in [2.75, 3.05) is 34.4 Å². The summed E-state index contributed by atoms with van der Waals surface area (Å²) in [5, 5.41) is 8.88. The van der Waals surface area contributed by atoms with E-state index >= 15 is 0 Å². The maximum Gasteiger partial charge on any atom is 0.317 e. The third kappa shape index (κ3) is 4.03. The highest BCUT2D eigenvalue weighted by Crippen LogP contribution is 2.35. The molecule has 0 saturated carbocycles. The van der Waals surface area contributed by atoms with Crippen LogP contribution in [-0.2, 0) is 11.3 Å². The molecule has 0 bridgehead atoms. The zero-order chi connectivity index (χ0) is 15.1. The van der Waals surface area contributed by atoms with Crippen molar-refractivity contribution in [2.24, 2.45) is 0 Å². The molecule has 6 nitrogen and oxygen atoms in total. The summed E-state index contributed by atoms with van der Waals surface area (Å²) in [5.41, 5.74) is 0.855. The molecule has 0 spiro atoms. The maximum absolute atomic E-state index is 10.8. The van der Waals surface area contributed by atoms with Crippen LogP contribution in [0.25, 0.3) is 0 Å². The molecule has 1 N–H and O–H groups in total. The van der Waals surface area contributed by atoms with Crippen molar-refractivity contribution in [3.8, 4) is 17.2 Å². The molecule has 112 valence electrons. The van der Waals surface area contributed by atoms with E-state index < -0.39 is 5.97 Å². The minimum absolute atomic E-state index is 0.0198. The first-order valence-electron chi connectivity index (χ1n) is 6.28. The second-order valence-corrected chi connectivity index (χ2v) is 4.22. The van der Waals surface area contributed by atoms with Crippen molar-refractivity contribution >= 4 is 5.97 Å². The van der Waals surface area contributed by atoms with Gasteiger partial charge in [0.2, 0.25) is 0 Å². The Hall–Kier alpha value is -1.95. The highest BCUT2D eigenvalue weighted by Gasteiger charge is 2.15. The van der Waals surface area contributed by atoms with E-state index in [0.29, 0.717) is 30.3 Å². The molecular formula is C14H21NO5. The Morgan fingerprint density at radius 1 is 1.10 bits per heavy atom. The van der Waals surface area contributed by atoms with Gasteiger partial charge in [-0.1, -0.05) is 6.92 Å². The van der Waals surface area contributed by atoms with Gasteiger partial charge in [0.1, 0.15) is 5.75 Å². The number of ether oxygens (including phenoxy) is 3. The number of carboxylic acid groups (broad SMARTS) is 1. The monoisotopic (exact) mass is 283 g/mol. The number of nitrogens with zero attached hydrogens (tertiary/aromatic N) is 1.